The van der Waals surface area contributed by atoms with Crippen LogP contribution >= 0.6 is 0 Å². The van der Waals surface area contributed by atoms with E-state index in [-0.39, 0.29) is 40.6 Å². The van der Waals surface area contributed by atoms with Crippen LogP contribution in [0.5, 0.6) is 0 Å². The second kappa shape index (κ2) is 5.82. The van der Waals surface area contributed by atoms with E-state index in [4.69, 9.17) is 5.11 Å². The first-order chi connectivity index (χ1) is 4.04. The number of carbonyl (C=O) groups excluding carboxylic acids is 2. The van der Waals surface area contributed by atoms with Gasteiger partial charge in [0, 0.05) is 0 Å². The molecule has 4 nitrogen and oxygen atoms in total. The van der Waals surface area contributed by atoms with Crippen molar-refractivity contribution in [2.24, 2.45) is 0 Å². The van der Waals surface area contributed by atoms with E-state index < -0.39 is 24.0 Å². The molecule has 0 atom stereocenters. The number of rotatable bonds is 3. The molecule has 0 amide bonds. The average Bonchev–Trinajstić information content (AvgIpc) is 1.63. The van der Waals surface area contributed by atoms with Gasteiger partial charge in [-0.05, 0) is 6.92 Å². The first-order valence-corrected chi connectivity index (χ1v) is 2.29. The van der Waals surface area contributed by atoms with Crippen molar-refractivity contribution in [2.75, 3.05) is 0 Å². The number of carboxylic acids is 1. The number of ketones is 2. The summed E-state index contributed by atoms with van der Waals surface area (Å²) in [5.74, 6) is -3.03. The zero-order valence-electron chi connectivity index (χ0n) is 7.59. The van der Waals surface area contributed by atoms with E-state index in [0.29, 0.717) is 0 Å². The van der Waals surface area contributed by atoms with Crippen molar-refractivity contribution in [3.05, 3.63) is 0 Å². The maximum absolute atomic E-state index is 10.1. The molecule has 0 spiro atoms. The second-order valence-electron chi connectivity index (χ2n) is 1.61. The third-order valence-corrected chi connectivity index (χ3v) is 0.648. The van der Waals surface area contributed by atoms with Crippen LogP contribution < -0.4 is 0 Å². The molecular weight excluding hydrogens is 164 g/mol. The van der Waals surface area contributed by atoms with Gasteiger partial charge in [-0.15, -0.1) is 0 Å². The smallest absolute Gasteiger partial charge is 1.00 e. The largest absolute Gasteiger partial charge is 2.00 e. The minimum Gasteiger partial charge on any atom is -1.00 e. The minimum absolute atomic E-state index is 0. The maximum atomic E-state index is 10.1. The third-order valence-electron chi connectivity index (χ3n) is 0.648. The predicted octanol–water partition coefficient (Wildman–Crippen LogP) is -0.537. The van der Waals surface area contributed by atoms with Gasteiger partial charge in [-0.1, -0.05) is 0 Å². The molecule has 0 heterocycles. The molecule has 0 aromatic carbocycles. The van der Waals surface area contributed by atoms with Gasteiger partial charge in [0.05, 0.1) is 6.42 Å². The molecular formula is C5H8CaO4. The zero-order chi connectivity index (χ0) is 7.44. The molecule has 0 aliphatic carbocycles. The van der Waals surface area contributed by atoms with E-state index in [1.165, 1.54) is 6.92 Å². The fourth-order valence-corrected chi connectivity index (χ4v) is 0.302. The summed E-state index contributed by atoms with van der Waals surface area (Å²) in [6, 6.07) is 0. The van der Waals surface area contributed by atoms with Gasteiger partial charge in [0.25, 0.3) is 0 Å². The monoisotopic (exact) mass is 172 g/mol. The Hall–Kier alpha value is 0.0697. The molecule has 10 heavy (non-hydrogen) atoms. The van der Waals surface area contributed by atoms with Crippen molar-refractivity contribution in [3.8, 4) is 0 Å². The molecule has 0 rings (SSSR count). The maximum Gasteiger partial charge on any atom is 2.00 e. The molecule has 1 N–H and O–H groups in total. The molecule has 0 radical (unpaired) electrons. The Morgan fingerprint density at radius 3 is 1.90 bits per heavy atom. The second-order valence-corrected chi connectivity index (χ2v) is 1.61. The molecule has 0 fully saturated rings. The Balaban J connectivity index is -0.000000107. The molecule has 0 aliphatic heterocycles. The Kier molecular flexibility index (Phi) is 7.41. The van der Waals surface area contributed by atoms with Crippen LogP contribution in [-0.2, 0) is 14.4 Å². The van der Waals surface area contributed by atoms with Crippen molar-refractivity contribution in [2.45, 2.75) is 13.3 Å². The van der Waals surface area contributed by atoms with E-state index in [2.05, 4.69) is 0 Å². The molecule has 0 aromatic rings. The molecule has 0 bridgehead atoms. The summed E-state index contributed by atoms with van der Waals surface area (Å²) < 4.78 is 0. The number of aliphatic carboxylic acids is 1. The SMILES string of the molecule is CC(=O)CC(=O)C(=O)O.[Ca+2].[H-].[H-]. The normalized spacial score (nSPS) is 7.70. The number of carbonyl (C=O) groups is 3. The van der Waals surface area contributed by atoms with Crippen LogP contribution in [0.4, 0.5) is 0 Å². The third kappa shape index (κ3) is 6.19. The summed E-state index contributed by atoms with van der Waals surface area (Å²) in [6.07, 6.45) is -0.505. The van der Waals surface area contributed by atoms with E-state index >= 15 is 0 Å². The van der Waals surface area contributed by atoms with E-state index in [9.17, 15) is 14.4 Å². The van der Waals surface area contributed by atoms with E-state index in [1.807, 2.05) is 0 Å². The van der Waals surface area contributed by atoms with Crippen LogP contribution in [0.2, 0.25) is 0 Å². The average molecular weight is 172 g/mol. The molecule has 0 aromatic heterocycles. The number of hydrogen-bond acceptors (Lipinski definition) is 3. The van der Waals surface area contributed by atoms with E-state index in [0.717, 1.165) is 0 Å². The van der Waals surface area contributed by atoms with Crippen LogP contribution in [0.3, 0.4) is 0 Å². The Bertz CT molecular complexity index is 171. The summed E-state index contributed by atoms with van der Waals surface area (Å²) in [5, 5.41) is 7.93. The van der Waals surface area contributed by atoms with Crippen LogP contribution in [0, 0.1) is 0 Å². The topological polar surface area (TPSA) is 71.4 Å². The Morgan fingerprint density at radius 2 is 1.80 bits per heavy atom. The van der Waals surface area contributed by atoms with Gasteiger partial charge in [-0.25, -0.2) is 4.79 Å². The summed E-state index contributed by atoms with van der Waals surface area (Å²) in [5.41, 5.74) is 0. The number of carboxylic acid groups (broad SMARTS) is 1. The van der Waals surface area contributed by atoms with Crippen molar-refractivity contribution in [3.63, 3.8) is 0 Å². The molecule has 0 saturated heterocycles. The number of Topliss-reactive ketones (excluding diaryl/α,β-unsaturated/α-hetero) is 2. The molecule has 54 valence electrons. The van der Waals surface area contributed by atoms with Crippen LogP contribution in [0.1, 0.15) is 16.2 Å². The molecule has 0 unspecified atom stereocenters. The van der Waals surface area contributed by atoms with Gasteiger partial charge in [-0.2, -0.15) is 0 Å². The summed E-state index contributed by atoms with van der Waals surface area (Å²) in [4.78, 5) is 29.9. The van der Waals surface area contributed by atoms with Crippen LogP contribution in [0.15, 0.2) is 0 Å². The van der Waals surface area contributed by atoms with Gasteiger partial charge in [0.15, 0.2) is 0 Å². The summed E-state index contributed by atoms with van der Waals surface area (Å²) in [7, 11) is 0. The Labute approximate surface area is 90.6 Å². The van der Waals surface area contributed by atoms with Gasteiger partial charge in [0.2, 0.25) is 5.78 Å². The minimum atomic E-state index is -1.55. The quantitative estimate of drug-likeness (QED) is 0.352. The zero-order valence-corrected chi connectivity index (χ0v) is 7.79. The van der Waals surface area contributed by atoms with Crippen LogP contribution in [-0.4, -0.2) is 60.4 Å². The molecule has 0 aliphatic rings. The first-order valence-electron chi connectivity index (χ1n) is 2.29. The summed E-state index contributed by atoms with van der Waals surface area (Å²) >= 11 is 0. The van der Waals surface area contributed by atoms with Gasteiger partial charge < -0.3 is 7.96 Å². The van der Waals surface area contributed by atoms with Gasteiger partial charge in [-0.3, -0.25) is 9.59 Å². The number of hydrogen-bond donors (Lipinski definition) is 1. The summed E-state index contributed by atoms with van der Waals surface area (Å²) in [6.45, 7) is 1.17. The first kappa shape index (κ1) is 12.7. The van der Waals surface area contributed by atoms with Crippen molar-refractivity contribution >= 4 is 55.3 Å². The molecule has 0 saturated carbocycles. The van der Waals surface area contributed by atoms with Gasteiger partial charge in [0.1, 0.15) is 5.78 Å². The van der Waals surface area contributed by atoms with Crippen molar-refractivity contribution in [1.29, 1.82) is 0 Å². The molecule has 5 heteroatoms. The fourth-order valence-electron chi connectivity index (χ4n) is 0.302. The standard InChI is InChI=1S/C5H6O4.Ca.2H/c1-3(6)2-4(7)5(8)9;;;/h2H2,1H3,(H,8,9);;;/q;+2;2*-1. The van der Waals surface area contributed by atoms with Crippen molar-refractivity contribution < 1.29 is 22.3 Å². The van der Waals surface area contributed by atoms with Gasteiger partial charge >= 0.3 is 43.7 Å². The van der Waals surface area contributed by atoms with Crippen LogP contribution in [0.25, 0.3) is 0 Å². The fraction of sp³-hybridized carbons (Fsp3) is 0.400. The predicted molar refractivity (Wildman–Crippen MR) is 35.9 cm³/mol. The van der Waals surface area contributed by atoms with E-state index in [1.54, 1.807) is 0 Å². The van der Waals surface area contributed by atoms with Crippen molar-refractivity contribution in [1.82, 2.24) is 0 Å². The Morgan fingerprint density at radius 1 is 1.40 bits per heavy atom.